The second kappa shape index (κ2) is 7.39. The maximum atomic E-state index is 9.68. The van der Waals surface area contributed by atoms with Crippen molar-refractivity contribution in [2.75, 3.05) is 13.2 Å². The van der Waals surface area contributed by atoms with E-state index in [2.05, 4.69) is 0 Å². The number of benzene rings is 2. The Morgan fingerprint density at radius 2 is 1.43 bits per heavy atom. The van der Waals surface area contributed by atoms with E-state index < -0.39 is 0 Å². The third-order valence-corrected chi connectivity index (χ3v) is 2.88. The molecule has 0 atom stereocenters. The van der Waals surface area contributed by atoms with Gasteiger partial charge in [0, 0.05) is 6.07 Å². The van der Waals surface area contributed by atoms with E-state index in [1.54, 1.807) is 12.1 Å². The van der Waals surface area contributed by atoms with Crippen molar-refractivity contribution in [3.8, 4) is 17.2 Å². The van der Waals surface area contributed by atoms with Crippen LogP contribution in [0.5, 0.6) is 17.2 Å². The lowest BCUT2D eigenvalue weighted by Gasteiger charge is -2.05. The number of phenols is 1. The van der Waals surface area contributed by atoms with Crippen LogP contribution in [0.4, 0.5) is 0 Å². The highest BCUT2D eigenvalue weighted by Crippen LogP contribution is 2.23. The Labute approximate surface area is 125 Å². The summed E-state index contributed by atoms with van der Waals surface area (Å²) in [5.74, 6) is 1.74. The number of hydrogen-bond donors (Lipinski definition) is 1. The molecule has 3 nitrogen and oxygen atoms in total. The monoisotopic (exact) mass is 284 g/mol. The van der Waals surface area contributed by atoms with E-state index >= 15 is 0 Å². The third-order valence-electron chi connectivity index (χ3n) is 2.88. The van der Waals surface area contributed by atoms with Crippen LogP contribution in [0.1, 0.15) is 25.0 Å². The molecule has 2 aromatic rings. The van der Waals surface area contributed by atoms with Crippen molar-refractivity contribution in [2.24, 2.45) is 0 Å². The predicted molar refractivity (Wildman–Crippen MR) is 85.8 cm³/mol. The molecule has 0 saturated heterocycles. The highest BCUT2D eigenvalue weighted by molar-refractivity contribution is 5.71. The van der Waals surface area contributed by atoms with Crippen LogP contribution in [0, 0.1) is 0 Å². The molecular formula is C18H20O3. The maximum absolute atomic E-state index is 9.68. The Morgan fingerprint density at radius 1 is 0.810 bits per heavy atom. The lowest BCUT2D eigenvalue weighted by atomic mass is 10.1. The van der Waals surface area contributed by atoms with Crippen LogP contribution in [0.15, 0.2) is 42.5 Å². The first kappa shape index (κ1) is 15.0. The molecule has 21 heavy (non-hydrogen) atoms. The maximum Gasteiger partial charge on any atom is 0.123 e. The van der Waals surface area contributed by atoms with E-state index in [0.29, 0.717) is 19.0 Å². The van der Waals surface area contributed by atoms with E-state index in [1.807, 2.05) is 56.3 Å². The van der Waals surface area contributed by atoms with Gasteiger partial charge < -0.3 is 14.6 Å². The Kier molecular flexibility index (Phi) is 5.27. The molecule has 0 fully saturated rings. The molecule has 0 amide bonds. The molecule has 0 aliphatic heterocycles. The Hall–Kier alpha value is -2.42. The van der Waals surface area contributed by atoms with E-state index in [4.69, 9.17) is 9.47 Å². The molecule has 0 aromatic heterocycles. The van der Waals surface area contributed by atoms with Crippen molar-refractivity contribution >= 4 is 12.2 Å². The quantitative estimate of drug-likeness (QED) is 0.801. The first-order valence-electron chi connectivity index (χ1n) is 7.09. The highest BCUT2D eigenvalue weighted by Gasteiger charge is 1.99. The van der Waals surface area contributed by atoms with Gasteiger partial charge in [0.05, 0.1) is 13.2 Å². The summed E-state index contributed by atoms with van der Waals surface area (Å²) in [5.41, 5.74) is 1.96. The lowest BCUT2D eigenvalue weighted by molar-refractivity contribution is 0.337. The van der Waals surface area contributed by atoms with Gasteiger partial charge in [-0.05, 0) is 49.2 Å². The van der Waals surface area contributed by atoms with Crippen LogP contribution in [-0.2, 0) is 0 Å². The van der Waals surface area contributed by atoms with Crippen molar-refractivity contribution in [3.63, 3.8) is 0 Å². The van der Waals surface area contributed by atoms with Crippen LogP contribution < -0.4 is 9.47 Å². The van der Waals surface area contributed by atoms with Crippen LogP contribution in [0.2, 0.25) is 0 Å². The molecule has 0 bridgehead atoms. The van der Waals surface area contributed by atoms with Crippen molar-refractivity contribution in [1.29, 1.82) is 0 Å². The highest BCUT2D eigenvalue weighted by atomic mass is 16.5. The molecule has 0 radical (unpaired) electrons. The van der Waals surface area contributed by atoms with Gasteiger partial charge in [-0.3, -0.25) is 0 Å². The van der Waals surface area contributed by atoms with E-state index in [-0.39, 0.29) is 5.75 Å². The smallest absolute Gasteiger partial charge is 0.123 e. The normalized spacial score (nSPS) is 10.8. The predicted octanol–water partition coefficient (Wildman–Crippen LogP) is 4.36. The van der Waals surface area contributed by atoms with Gasteiger partial charge in [-0.15, -0.1) is 0 Å². The SMILES string of the molecule is CCOc1ccc(/C=C/c2cc(O)cc(OCC)c2)cc1. The minimum Gasteiger partial charge on any atom is -0.508 e. The van der Waals surface area contributed by atoms with Crippen molar-refractivity contribution in [3.05, 3.63) is 53.6 Å². The molecule has 0 unspecified atom stereocenters. The zero-order valence-corrected chi connectivity index (χ0v) is 12.4. The summed E-state index contributed by atoms with van der Waals surface area (Å²) in [6.45, 7) is 5.12. The van der Waals surface area contributed by atoms with Gasteiger partial charge in [0.15, 0.2) is 0 Å². The molecular weight excluding hydrogens is 264 g/mol. The third kappa shape index (κ3) is 4.56. The Balaban J connectivity index is 2.12. The number of aromatic hydroxyl groups is 1. The zero-order chi connectivity index (χ0) is 15.1. The van der Waals surface area contributed by atoms with Crippen LogP contribution in [0.3, 0.4) is 0 Å². The first-order chi connectivity index (χ1) is 10.2. The van der Waals surface area contributed by atoms with Crippen LogP contribution in [0.25, 0.3) is 12.2 Å². The standard InChI is InChI=1S/C18H20O3/c1-3-20-17-9-7-14(8-10-17)5-6-15-11-16(19)13-18(12-15)21-4-2/h5-13,19H,3-4H2,1-2H3/b6-5+. The van der Waals surface area contributed by atoms with Crippen LogP contribution >= 0.6 is 0 Å². The van der Waals surface area contributed by atoms with Gasteiger partial charge in [0.1, 0.15) is 17.2 Å². The van der Waals surface area contributed by atoms with E-state index in [0.717, 1.165) is 16.9 Å². The second-order valence-corrected chi connectivity index (χ2v) is 4.53. The molecule has 0 aliphatic carbocycles. The lowest BCUT2D eigenvalue weighted by Crippen LogP contribution is -1.91. The second-order valence-electron chi connectivity index (χ2n) is 4.53. The van der Waals surface area contributed by atoms with Crippen LogP contribution in [-0.4, -0.2) is 18.3 Å². The summed E-state index contributed by atoms with van der Waals surface area (Å²) in [6.07, 6.45) is 3.93. The number of phenolic OH excluding ortho intramolecular Hbond substituents is 1. The molecule has 2 rings (SSSR count). The number of ether oxygens (including phenoxy) is 2. The molecule has 110 valence electrons. The Bertz CT molecular complexity index is 600. The van der Waals surface area contributed by atoms with Gasteiger partial charge in [0.2, 0.25) is 0 Å². The average Bonchev–Trinajstić information content (AvgIpc) is 2.47. The summed E-state index contributed by atoms with van der Waals surface area (Å²) < 4.78 is 10.8. The molecule has 3 heteroatoms. The molecule has 0 saturated carbocycles. The molecule has 1 N–H and O–H groups in total. The number of hydrogen-bond acceptors (Lipinski definition) is 3. The van der Waals surface area contributed by atoms with Crippen molar-refractivity contribution < 1.29 is 14.6 Å². The number of rotatable bonds is 6. The molecule has 0 heterocycles. The minimum atomic E-state index is 0.201. The molecule has 0 spiro atoms. The van der Waals surface area contributed by atoms with Gasteiger partial charge in [-0.2, -0.15) is 0 Å². The summed E-state index contributed by atoms with van der Waals surface area (Å²) >= 11 is 0. The zero-order valence-electron chi connectivity index (χ0n) is 12.4. The van der Waals surface area contributed by atoms with Crippen molar-refractivity contribution in [1.82, 2.24) is 0 Å². The summed E-state index contributed by atoms with van der Waals surface area (Å²) in [5, 5.41) is 9.68. The fourth-order valence-corrected chi connectivity index (χ4v) is 1.99. The van der Waals surface area contributed by atoms with Gasteiger partial charge >= 0.3 is 0 Å². The topological polar surface area (TPSA) is 38.7 Å². The molecule has 0 aliphatic rings. The average molecular weight is 284 g/mol. The molecule has 2 aromatic carbocycles. The van der Waals surface area contributed by atoms with Gasteiger partial charge in [-0.25, -0.2) is 0 Å². The minimum absolute atomic E-state index is 0.201. The van der Waals surface area contributed by atoms with Crippen molar-refractivity contribution in [2.45, 2.75) is 13.8 Å². The summed E-state index contributed by atoms with van der Waals surface area (Å²) in [6, 6.07) is 13.1. The summed E-state index contributed by atoms with van der Waals surface area (Å²) in [4.78, 5) is 0. The van der Waals surface area contributed by atoms with E-state index in [9.17, 15) is 5.11 Å². The Morgan fingerprint density at radius 3 is 2.10 bits per heavy atom. The summed E-state index contributed by atoms with van der Waals surface area (Å²) in [7, 11) is 0. The van der Waals surface area contributed by atoms with E-state index in [1.165, 1.54) is 0 Å². The first-order valence-corrected chi connectivity index (χ1v) is 7.09. The fraction of sp³-hybridized carbons (Fsp3) is 0.222. The fourth-order valence-electron chi connectivity index (χ4n) is 1.99. The van der Waals surface area contributed by atoms with Gasteiger partial charge in [0.25, 0.3) is 0 Å². The van der Waals surface area contributed by atoms with Gasteiger partial charge in [-0.1, -0.05) is 24.3 Å². The largest absolute Gasteiger partial charge is 0.508 e.